The standard InChI is InChI=1S/C17H17N3O3S/c1-19(2)24(22,23)15-8-9-16(21)20(12-15)11-14-6-3-5-13-7-4-10-18-17(13)14/h3-10,12H,11H2,1-2H3. The van der Waals surface area contributed by atoms with E-state index >= 15 is 0 Å². The minimum atomic E-state index is -3.59. The maximum Gasteiger partial charge on any atom is 0.250 e. The fourth-order valence-corrected chi connectivity index (χ4v) is 3.40. The number of rotatable bonds is 4. The zero-order chi connectivity index (χ0) is 17.3. The second-order valence-electron chi connectivity index (χ2n) is 5.61. The van der Waals surface area contributed by atoms with Crippen LogP contribution in [0.15, 0.2) is 64.5 Å². The van der Waals surface area contributed by atoms with Crippen molar-refractivity contribution in [2.24, 2.45) is 0 Å². The summed E-state index contributed by atoms with van der Waals surface area (Å²) in [5, 5.41) is 0.972. The van der Waals surface area contributed by atoms with E-state index in [1.807, 2.05) is 30.3 Å². The van der Waals surface area contributed by atoms with Crippen molar-refractivity contribution in [3.63, 3.8) is 0 Å². The Morgan fingerprint density at radius 2 is 1.83 bits per heavy atom. The number of hydrogen-bond donors (Lipinski definition) is 0. The molecule has 7 heteroatoms. The van der Waals surface area contributed by atoms with Crippen LogP contribution in [-0.2, 0) is 16.6 Å². The second kappa shape index (κ2) is 6.18. The van der Waals surface area contributed by atoms with Crippen LogP contribution in [0.25, 0.3) is 10.9 Å². The molecule has 0 spiro atoms. The lowest BCUT2D eigenvalue weighted by Gasteiger charge is -2.13. The molecule has 2 aromatic heterocycles. The van der Waals surface area contributed by atoms with Gasteiger partial charge in [-0.25, -0.2) is 12.7 Å². The van der Waals surface area contributed by atoms with Gasteiger partial charge in [0.05, 0.1) is 17.0 Å². The van der Waals surface area contributed by atoms with E-state index in [1.165, 1.54) is 37.0 Å². The van der Waals surface area contributed by atoms with Crippen LogP contribution in [0, 0.1) is 0 Å². The van der Waals surface area contributed by atoms with Crippen LogP contribution >= 0.6 is 0 Å². The van der Waals surface area contributed by atoms with Gasteiger partial charge < -0.3 is 4.57 Å². The highest BCUT2D eigenvalue weighted by Crippen LogP contribution is 2.17. The Labute approximate surface area is 140 Å². The van der Waals surface area contributed by atoms with Crippen molar-refractivity contribution in [2.45, 2.75) is 11.4 Å². The molecule has 0 saturated carbocycles. The third-order valence-electron chi connectivity index (χ3n) is 3.79. The van der Waals surface area contributed by atoms with Crippen LogP contribution in [0.4, 0.5) is 0 Å². The molecule has 124 valence electrons. The lowest BCUT2D eigenvalue weighted by Crippen LogP contribution is -2.26. The van der Waals surface area contributed by atoms with Crippen LogP contribution in [0.1, 0.15) is 5.56 Å². The van der Waals surface area contributed by atoms with Gasteiger partial charge >= 0.3 is 0 Å². The van der Waals surface area contributed by atoms with Crippen LogP contribution < -0.4 is 5.56 Å². The third kappa shape index (κ3) is 2.95. The topological polar surface area (TPSA) is 72.3 Å². The summed E-state index contributed by atoms with van der Waals surface area (Å²) in [7, 11) is -0.677. The Hall–Kier alpha value is -2.51. The van der Waals surface area contributed by atoms with Crippen molar-refractivity contribution in [2.75, 3.05) is 14.1 Å². The first-order valence-corrected chi connectivity index (χ1v) is 8.79. The van der Waals surface area contributed by atoms with E-state index in [4.69, 9.17) is 0 Å². The van der Waals surface area contributed by atoms with E-state index in [1.54, 1.807) is 6.20 Å². The fraction of sp³-hybridized carbons (Fsp3) is 0.176. The summed E-state index contributed by atoms with van der Waals surface area (Å²) in [6, 6.07) is 12.1. The van der Waals surface area contributed by atoms with Crippen molar-refractivity contribution < 1.29 is 8.42 Å². The molecule has 0 atom stereocenters. The molecule has 24 heavy (non-hydrogen) atoms. The molecule has 0 aliphatic carbocycles. The summed E-state index contributed by atoms with van der Waals surface area (Å²) < 4.78 is 27.0. The quantitative estimate of drug-likeness (QED) is 0.723. The molecule has 0 unspecified atom stereocenters. The molecule has 0 bridgehead atoms. The summed E-state index contributed by atoms with van der Waals surface area (Å²) >= 11 is 0. The minimum Gasteiger partial charge on any atom is -0.310 e. The number of fused-ring (bicyclic) bond motifs is 1. The second-order valence-corrected chi connectivity index (χ2v) is 7.76. The molecule has 0 aliphatic rings. The van der Waals surface area contributed by atoms with Crippen molar-refractivity contribution in [1.82, 2.24) is 13.9 Å². The number of sulfonamides is 1. The van der Waals surface area contributed by atoms with Gasteiger partial charge in [0.15, 0.2) is 0 Å². The molecule has 1 aromatic carbocycles. The van der Waals surface area contributed by atoms with E-state index in [2.05, 4.69) is 4.98 Å². The summed E-state index contributed by atoms with van der Waals surface area (Å²) in [6.07, 6.45) is 3.07. The van der Waals surface area contributed by atoms with Crippen molar-refractivity contribution in [1.29, 1.82) is 0 Å². The lowest BCUT2D eigenvalue weighted by atomic mass is 10.1. The van der Waals surface area contributed by atoms with E-state index in [0.29, 0.717) is 0 Å². The predicted octanol–water partition coefficient (Wildman–Crippen LogP) is 1.70. The van der Waals surface area contributed by atoms with Gasteiger partial charge in [-0.05, 0) is 17.7 Å². The Kier molecular flexibility index (Phi) is 4.21. The molecule has 0 N–H and O–H groups in total. The molecule has 0 radical (unpaired) electrons. The largest absolute Gasteiger partial charge is 0.310 e. The van der Waals surface area contributed by atoms with Gasteiger partial charge in [0.2, 0.25) is 10.0 Å². The third-order valence-corrected chi connectivity index (χ3v) is 5.59. The monoisotopic (exact) mass is 343 g/mol. The average Bonchev–Trinajstić information content (AvgIpc) is 2.57. The van der Waals surface area contributed by atoms with Crippen LogP contribution in [0.3, 0.4) is 0 Å². The molecule has 6 nitrogen and oxygen atoms in total. The molecule has 0 amide bonds. The van der Waals surface area contributed by atoms with Gasteiger partial charge in [-0.1, -0.05) is 24.3 Å². The summed E-state index contributed by atoms with van der Waals surface area (Å²) in [6.45, 7) is 0.254. The number of para-hydroxylation sites is 1. The number of benzene rings is 1. The minimum absolute atomic E-state index is 0.0836. The summed E-state index contributed by atoms with van der Waals surface area (Å²) in [4.78, 5) is 16.6. The molecule has 2 heterocycles. The molecule has 0 saturated heterocycles. The first kappa shape index (κ1) is 16.4. The average molecular weight is 343 g/mol. The maximum atomic E-state index is 12.3. The zero-order valence-corrected chi connectivity index (χ0v) is 14.2. The fourth-order valence-electron chi connectivity index (χ4n) is 2.47. The number of nitrogens with zero attached hydrogens (tertiary/aromatic N) is 3. The lowest BCUT2D eigenvalue weighted by molar-refractivity contribution is 0.519. The number of aromatic nitrogens is 2. The molecule has 0 aliphatic heterocycles. The van der Waals surface area contributed by atoms with E-state index < -0.39 is 10.0 Å². The van der Waals surface area contributed by atoms with E-state index in [-0.39, 0.29) is 17.0 Å². The summed E-state index contributed by atoms with van der Waals surface area (Å²) in [5.41, 5.74) is 1.39. The molecular weight excluding hydrogens is 326 g/mol. The van der Waals surface area contributed by atoms with Gasteiger partial charge in [-0.15, -0.1) is 0 Å². The van der Waals surface area contributed by atoms with Gasteiger partial charge in [-0.2, -0.15) is 0 Å². The first-order chi connectivity index (χ1) is 11.4. The number of pyridine rings is 2. The molecule has 0 fully saturated rings. The highest BCUT2D eigenvalue weighted by molar-refractivity contribution is 7.89. The van der Waals surface area contributed by atoms with Gasteiger partial charge in [-0.3, -0.25) is 9.78 Å². The molecule has 3 rings (SSSR count). The van der Waals surface area contributed by atoms with Gasteiger partial charge in [0.25, 0.3) is 5.56 Å². The first-order valence-electron chi connectivity index (χ1n) is 7.35. The highest BCUT2D eigenvalue weighted by Gasteiger charge is 2.18. The zero-order valence-electron chi connectivity index (χ0n) is 13.4. The van der Waals surface area contributed by atoms with Gasteiger partial charge in [0.1, 0.15) is 0 Å². The Morgan fingerprint density at radius 3 is 2.58 bits per heavy atom. The predicted molar refractivity (Wildman–Crippen MR) is 92.4 cm³/mol. The Balaban J connectivity index is 2.09. The Bertz CT molecular complexity index is 1050. The maximum absolute atomic E-state index is 12.3. The summed E-state index contributed by atoms with van der Waals surface area (Å²) in [5.74, 6) is 0. The van der Waals surface area contributed by atoms with Crippen LogP contribution in [0.2, 0.25) is 0 Å². The molecular formula is C17H17N3O3S. The van der Waals surface area contributed by atoms with Crippen molar-refractivity contribution in [3.8, 4) is 0 Å². The van der Waals surface area contributed by atoms with Crippen molar-refractivity contribution in [3.05, 3.63) is 70.8 Å². The smallest absolute Gasteiger partial charge is 0.250 e. The molecule has 3 aromatic rings. The Morgan fingerprint density at radius 1 is 1.08 bits per heavy atom. The highest BCUT2D eigenvalue weighted by atomic mass is 32.2. The van der Waals surface area contributed by atoms with Crippen LogP contribution in [0.5, 0.6) is 0 Å². The van der Waals surface area contributed by atoms with Crippen LogP contribution in [-0.4, -0.2) is 36.4 Å². The van der Waals surface area contributed by atoms with Gasteiger partial charge in [0, 0.05) is 37.9 Å². The van der Waals surface area contributed by atoms with Crippen molar-refractivity contribution >= 4 is 20.9 Å². The SMILES string of the molecule is CN(C)S(=O)(=O)c1ccc(=O)n(Cc2cccc3cccnc23)c1. The van der Waals surface area contributed by atoms with E-state index in [0.717, 1.165) is 20.8 Å². The normalized spacial score (nSPS) is 12.0. The number of hydrogen-bond acceptors (Lipinski definition) is 4. The van der Waals surface area contributed by atoms with E-state index in [9.17, 15) is 13.2 Å².